The summed E-state index contributed by atoms with van der Waals surface area (Å²) in [7, 11) is 0. The number of rotatable bonds is 6. The molecule has 0 amide bonds. The molecule has 2 aromatic rings. The molecule has 174 valence electrons. The Kier molecular flexibility index (Phi) is 5.34. The fraction of sp³-hybridized carbons (Fsp3) is 0.727. The van der Waals surface area contributed by atoms with Gasteiger partial charge in [0.05, 0.1) is 12.2 Å². The van der Waals surface area contributed by atoms with Gasteiger partial charge in [-0.15, -0.1) is 0 Å². The van der Waals surface area contributed by atoms with Crippen LogP contribution in [0.25, 0.3) is 11.2 Å². The number of hydrogen-bond acceptors (Lipinski definition) is 8. The highest BCUT2D eigenvalue weighted by molar-refractivity contribution is 6.28. The molecule has 4 atom stereocenters. The number of aromatic nitrogens is 4. The fourth-order valence-corrected chi connectivity index (χ4v) is 5.76. The van der Waals surface area contributed by atoms with Crippen molar-refractivity contribution in [2.45, 2.75) is 88.7 Å². The first-order valence-electron chi connectivity index (χ1n) is 11.5. The Labute approximate surface area is 191 Å². The van der Waals surface area contributed by atoms with Crippen LogP contribution >= 0.6 is 11.6 Å². The number of halogens is 1. The van der Waals surface area contributed by atoms with Crippen molar-refractivity contribution in [2.75, 3.05) is 5.73 Å². The Hall–Kier alpha value is -1.97. The number of fused-ring (bicyclic) bond motifs is 2. The van der Waals surface area contributed by atoms with Crippen LogP contribution in [0.2, 0.25) is 5.28 Å². The number of imidazole rings is 1. The van der Waals surface area contributed by atoms with Crippen molar-refractivity contribution in [3.63, 3.8) is 0 Å². The van der Waals surface area contributed by atoms with Gasteiger partial charge >= 0.3 is 5.97 Å². The lowest BCUT2D eigenvalue weighted by molar-refractivity contribution is -0.160. The molecule has 0 bridgehead atoms. The minimum absolute atomic E-state index is 0.0156. The van der Waals surface area contributed by atoms with Crippen LogP contribution < -0.4 is 5.73 Å². The minimum Gasteiger partial charge on any atom is -0.453 e. The Morgan fingerprint density at radius 2 is 2.12 bits per heavy atom. The summed E-state index contributed by atoms with van der Waals surface area (Å²) in [6.45, 7) is 3.99. The summed E-state index contributed by atoms with van der Waals surface area (Å²) in [6, 6.07) is 0. The van der Waals surface area contributed by atoms with E-state index < -0.39 is 23.5 Å². The van der Waals surface area contributed by atoms with Crippen LogP contribution in [0.3, 0.4) is 0 Å². The van der Waals surface area contributed by atoms with E-state index in [2.05, 4.69) is 21.9 Å². The molecule has 3 heterocycles. The monoisotopic (exact) mass is 463 g/mol. The number of carbonyl (C=O) groups excluding carboxylic acids is 1. The molecule has 2 aliphatic carbocycles. The van der Waals surface area contributed by atoms with Gasteiger partial charge in [-0.05, 0) is 50.1 Å². The van der Waals surface area contributed by atoms with Crippen molar-refractivity contribution < 1.29 is 19.4 Å². The highest BCUT2D eigenvalue weighted by Crippen LogP contribution is 2.65. The summed E-state index contributed by atoms with van der Waals surface area (Å²) < 4.78 is 13.9. The number of anilines is 1. The van der Waals surface area contributed by atoms with Gasteiger partial charge in [-0.3, -0.25) is 9.36 Å². The van der Waals surface area contributed by atoms with Crippen molar-refractivity contribution in [1.29, 1.82) is 0 Å². The SMILES string of the molecule is CCCC[C@H]1CC[C@H](C(=O)O[C@@]23C[C@H](n4cnc5c(N)nc(Cl)nc54)O[C@]2(C)C3O)CC1. The molecule has 1 saturated heterocycles. The molecule has 1 aliphatic heterocycles. The van der Waals surface area contributed by atoms with Crippen molar-refractivity contribution in [3.05, 3.63) is 11.6 Å². The van der Waals surface area contributed by atoms with E-state index in [1.165, 1.54) is 19.3 Å². The van der Waals surface area contributed by atoms with Gasteiger partial charge in [0, 0.05) is 6.42 Å². The van der Waals surface area contributed by atoms with Gasteiger partial charge in [-0.2, -0.15) is 9.97 Å². The van der Waals surface area contributed by atoms with Crippen LogP contribution in [0.4, 0.5) is 5.82 Å². The second kappa shape index (κ2) is 7.81. The maximum absolute atomic E-state index is 13.0. The lowest BCUT2D eigenvalue weighted by atomic mass is 9.80. The molecule has 5 rings (SSSR count). The number of ether oxygens (including phenoxy) is 2. The van der Waals surface area contributed by atoms with Crippen LogP contribution in [-0.4, -0.2) is 47.9 Å². The van der Waals surface area contributed by atoms with Crippen molar-refractivity contribution in [3.8, 4) is 0 Å². The lowest BCUT2D eigenvalue weighted by Gasteiger charge is -2.28. The van der Waals surface area contributed by atoms with E-state index in [1.807, 2.05) is 0 Å². The third kappa shape index (κ3) is 3.28. The Balaban J connectivity index is 1.29. The summed E-state index contributed by atoms with van der Waals surface area (Å²) in [5, 5.41) is 10.7. The van der Waals surface area contributed by atoms with Gasteiger partial charge in [-0.25, -0.2) is 4.98 Å². The zero-order valence-corrected chi connectivity index (χ0v) is 19.2. The largest absolute Gasteiger partial charge is 0.453 e. The number of aliphatic hydroxyl groups excluding tert-OH is 1. The fourth-order valence-electron chi connectivity index (χ4n) is 5.59. The number of nitrogens with zero attached hydrogens (tertiary/aromatic N) is 4. The predicted molar refractivity (Wildman–Crippen MR) is 118 cm³/mol. The number of nitrogens with two attached hydrogens (primary N) is 1. The van der Waals surface area contributed by atoms with E-state index in [0.717, 1.165) is 25.7 Å². The maximum atomic E-state index is 13.0. The summed E-state index contributed by atoms with van der Waals surface area (Å²) in [5.74, 6) is 0.558. The van der Waals surface area contributed by atoms with E-state index in [4.69, 9.17) is 26.8 Å². The molecule has 9 nitrogen and oxygen atoms in total. The van der Waals surface area contributed by atoms with Gasteiger partial charge in [0.25, 0.3) is 0 Å². The van der Waals surface area contributed by atoms with E-state index in [0.29, 0.717) is 23.5 Å². The zero-order chi connectivity index (χ0) is 22.7. The average molecular weight is 464 g/mol. The molecule has 10 heteroatoms. The molecular formula is C22H30ClN5O4. The Bertz CT molecular complexity index is 1040. The predicted octanol–water partition coefficient (Wildman–Crippen LogP) is 3.39. The van der Waals surface area contributed by atoms with Gasteiger partial charge in [-0.1, -0.05) is 26.2 Å². The van der Waals surface area contributed by atoms with Crippen LogP contribution in [-0.2, 0) is 14.3 Å². The summed E-state index contributed by atoms with van der Waals surface area (Å²) in [5.41, 5.74) is 4.74. The van der Waals surface area contributed by atoms with Crippen LogP contribution in [0, 0.1) is 11.8 Å². The van der Waals surface area contributed by atoms with Gasteiger partial charge < -0.3 is 20.3 Å². The summed E-state index contributed by atoms with van der Waals surface area (Å²) >= 11 is 5.97. The van der Waals surface area contributed by atoms with Gasteiger partial charge in [0.1, 0.15) is 23.4 Å². The third-order valence-corrected chi connectivity index (χ3v) is 7.91. The lowest BCUT2D eigenvalue weighted by Crippen LogP contribution is -2.32. The molecule has 2 aromatic heterocycles. The molecule has 3 fully saturated rings. The van der Waals surface area contributed by atoms with E-state index >= 15 is 0 Å². The highest BCUT2D eigenvalue weighted by atomic mass is 35.5. The smallest absolute Gasteiger partial charge is 0.309 e. The van der Waals surface area contributed by atoms with Gasteiger partial charge in [0.15, 0.2) is 17.1 Å². The number of esters is 1. The molecule has 0 radical (unpaired) electrons. The molecule has 0 spiro atoms. The molecule has 1 unspecified atom stereocenters. The second-order valence-corrected chi connectivity index (χ2v) is 10.00. The number of aliphatic hydroxyl groups is 1. The molecule has 32 heavy (non-hydrogen) atoms. The maximum Gasteiger partial charge on any atom is 0.309 e. The normalized spacial score (nSPS) is 36.2. The first kappa shape index (κ1) is 21.9. The average Bonchev–Trinajstić information content (AvgIpc) is 3.13. The zero-order valence-electron chi connectivity index (χ0n) is 18.5. The quantitative estimate of drug-likeness (QED) is 0.493. The molecule has 3 N–H and O–H groups in total. The van der Waals surface area contributed by atoms with Crippen molar-refractivity contribution in [1.82, 2.24) is 19.5 Å². The van der Waals surface area contributed by atoms with Gasteiger partial charge in [0.2, 0.25) is 5.28 Å². The summed E-state index contributed by atoms with van der Waals surface area (Å²) in [4.78, 5) is 25.5. The Morgan fingerprint density at radius 3 is 2.84 bits per heavy atom. The number of hydrogen-bond donors (Lipinski definition) is 2. The van der Waals surface area contributed by atoms with Crippen LogP contribution in [0.1, 0.15) is 71.4 Å². The molecule has 3 aliphatic rings. The standard InChI is InChI=1S/C22H30ClN5O4/c1-3-4-5-12-6-8-13(9-7-12)18(29)32-22-10-14(31-21(22,2)19(22)30)28-11-25-15-16(24)26-20(23)27-17(15)28/h11-14,19,30H,3-10H2,1-2H3,(H2,24,26,27)/t12-,13-,14-,19?,21-,22-/m1/s1. The van der Waals surface area contributed by atoms with Crippen LogP contribution in [0.15, 0.2) is 6.33 Å². The highest BCUT2D eigenvalue weighted by Gasteiger charge is 2.84. The molecule has 2 saturated carbocycles. The third-order valence-electron chi connectivity index (χ3n) is 7.74. The number of nitrogen functional groups attached to an aromatic ring is 1. The van der Waals surface area contributed by atoms with E-state index in [1.54, 1.807) is 17.8 Å². The number of carbonyl (C=O) groups is 1. The topological polar surface area (TPSA) is 125 Å². The number of unbranched alkanes of at least 4 members (excludes halogenated alkanes) is 1. The second-order valence-electron chi connectivity index (χ2n) is 9.66. The molecule has 0 aromatic carbocycles. The minimum atomic E-state index is -1.06. The van der Waals surface area contributed by atoms with Crippen molar-refractivity contribution in [2.24, 2.45) is 11.8 Å². The summed E-state index contributed by atoms with van der Waals surface area (Å²) in [6.07, 6.45) is 8.00. The Morgan fingerprint density at radius 1 is 1.38 bits per heavy atom. The first-order valence-corrected chi connectivity index (χ1v) is 11.9. The van der Waals surface area contributed by atoms with Crippen molar-refractivity contribution >= 4 is 34.6 Å². The molecular weight excluding hydrogens is 434 g/mol. The first-order chi connectivity index (χ1) is 15.3. The van der Waals surface area contributed by atoms with Crippen LogP contribution in [0.5, 0.6) is 0 Å². The van der Waals surface area contributed by atoms with E-state index in [9.17, 15) is 9.90 Å². The van der Waals surface area contributed by atoms with E-state index in [-0.39, 0.29) is 23.0 Å².